The molecule has 108 valence electrons. The summed E-state index contributed by atoms with van der Waals surface area (Å²) in [5.41, 5.74) is 2.45. The van der Waals surface area contributed by atoms with Gasteiger partial charge in [0, 0.05) is 16.7 Å². The van der Waals surface area contributed by atoms with Gasteiger partial charge < -0.3 is 0 Å². The molecule has 0 saturated heterocycles. The second kappa shape index (κ2) is 6.08. The maximum absolute atomic E-state index is 12.8. The van der Waals surface area contributed by atoms with E-state index in [9.17, 15) is 9.59 Å². The van der Waals surface area contributed by atoms with Crippen molar-refractivity contribution in [2.24, 2.45) is 0 Å². The molecule has 0 N–H and O–H groups in total. The fourth-order valence-corrected chi connectivity index (χ4v) is 3.07. The number of thiophene rings is 1. The van der Waals surface area contributed by atoms with Gasteiger partial charge in [-0.25, -0.2) is 0 Å². The van der Waals surface area contributed by atoms with Crippen LogP contribution in [0.4, 0.5) is 0 Å². The number of carbonyl (C=O) groups is 2. The molecule has 0 aliphatic heterocycles. The summed E-state index contributed by atoms with van der Waals surface area (Å²) in [7, 11) is 0. The molecular formula is C19H14O2S. The molecule has 0 atom stereocenters. The van der Waals surface area contributed by atoms with Crippen LogP contribution in [-0.2, 0) is 0 Å². The molecule has 2 aromatic carbocycles. The summed E-state index contributed by atoms with van der Waals surface area (Å²) in [5, 5.41) is 1.86. The molecule has 0 bridgehead atoms. The maximum Gasteiger partial charge on any atom is 0.203 e. The Labute approximate surface area is 133 Å². The quantitative estimate of drug-likeness (QED) is 0.664. The van der Waals surface area contributed by atoms with Crippen molar-refractivity contribution >= 4 is 22.9 Å². The van der Waals surface area contributed by atoms with Gasteiger partial charge in [-0.05, 0) is 23.9 Å². The predicted octanol–water partition coefficient (Wildman–Crippen LogP) is 4.52. The zero-order valence-corrected chi connectivity index (χ0v) is 12.9. The van der Waals surface area contributed by atoms with Crippen LogP contribution in [0.3, 0.4) is 0 Å². The third kappa shape index (κ3) is 2.63. The van der Waals surface area contributed by atoms with Gasteiger partial charge in [-0.3, -0.25) is 9.59 Å². The van der Waals surface area contributed by atoms with Crippen molar-refractivity contribution in [3.8, 4) is 0 Å². The van der Waals surface area contributed by atoms with Gasteiger partial charge in [0.05, 0.1) is 4.88 Å². The van der Waals surface area contributed by atoms with Crippen molar-refractivity contribution in [2.45, 2.75) is 6.92 Å². The lowest BCUT2D eigenvalue weighted by molar-refractivity contribution is 0.100. The van der Waals surface area contributed by atoms with E-state index in [1.165, 1.54) is 11.3 Å². The van der Waals surface area contributed by atoms with E-state index in [2.05, 4.69) is 0 Å². The highest BCUT2D eigenvalue weighted by Gasteiger charge is 2.20. The Morgan fingerprint density at radius 2 is 1.32 bits per heavy atom. The second-order valence-electron chi connectivity index (χ2n) is 5.00. The number of hydrogen-bond donors (Lipinski definition) is 0. The first kappa shape index (κ1) is 14.4. The van der Waals surface area contributed by atoms with Crippen molar-refractivity contribution in [3.05, 3.63) is 93.2 Å². The molecule has 3 rings (SSSR count). The molecule has 22 heavy (non-hydrogen) atoms. The van der Waals surface area contributed by atoms with E-state index in [0.29, 0.717) is 21.6 Å². The normalized spacial score (nSPS) is 10.4. The Kier molecular flexibility index (Phi) is 3.98. The second-order valence-corrected chi connectivity index (χ2v) is 5.94. The Hall–Kier alpha value is -2.52. The van der Waals surface area contributed by atoms with E-state index in [-0.39, 0.29) is 11.6 Å². The number of rotatable bonds is 4. The zero-order valence-electron chi connectivity index (χ0n) is 12.1. The van der Waals surface area contributed by atoms with Crippen LogP contribution in [0, 0.1) is 6.92 Å². The summed E-state index contributed by atoms with van der Waals surface area (Å²) in [6.07, 6.45) is 0. The zero-order chi connectivity index (χ0) is 15.5. The molecule has 0 spiro atoms. The molecular weight excluding hydrogens is 292 g/mol. The molecule has 0 amide bonds. The molecule has 1 heterocycles. The number of carbonyl (C=O) groups excluding carboxylic acids is 2. The molecule has 0 aliphatic rings. The third-order valence-electron chi connectivity index (χ3n) is 3.55. The van der Waals surface area contributed by atoms with Crippen molar-refractivity contribution < 1.29 is 9.59 Å². The fourth-order valence-electron chi connectivity index (χ4n) is 2.39. The molecule has 0 radical (unpaired) electrons. The summed E-state index contributed by atoms with van der Waals surface area (Å²) in [4.78, 5) is 26.1. The smallest absolute Gasteiger partial charge is 0.203 e. The van der Waals surface area contributed by atoms with Crippen molar-refractivity contribution in [2.75, 3.05) is 0 Å². The molecule has 2 nitrogen and oxygen atoms in total. The monoisotopic (exact) mass is 306 g/mol. The average molecular weight is 306 g/mol. The Balaban J connectivity index is 2.07. The molecule has 3 heteroatoms. The lowest BCUT2D eigenvalue weighted by atomic mass is 9.93. The van der Waals surface area contributed by atoms with Crippen LogP contribution in [0.25, 0.3) is 0 Å². The van der Waals surface area contributed by atoms with E-state index in [0.717, 1.165) is 5.56 Å². The van der Waals surface area contributed by atoms with Crippen LogP contribution in [0.1, 0.15) is 36.7 Å². The van der Waals surface area contributed by atoms with Gasteiger partial charge in [0.2, 0.25) is 5.78 Å². The largest absolute Gasteiger partial charge is 0.289 e. The van der Waals surface area contributed by atoms with Gasteiger partial charge in [-0.15, -0.1) is 11.3 Å². The first-order valence-electron chi connectivity index (χ1n) is 6.96. The summed E-state index contributed by atoms with van der Waals surface area (Å²) in [6.45, 7) is 1.90. The number of aryl methyl sites for hydroxylation is 1. The lowest BCUT2D eigenvalue weighted by Gasteiger charge is -2.09. The molecule has 0 saturated carbocycles. The topological polar surface area (TPSA) is 34.1 Å². The average Bonchev–Trinajstić information content (AvgIpc) is 3.08. The predicted molar refractivity (Wildman–Crippen MR) is 88.8 cm³/mol. The molecule has 0 unspecified atom stereocenters. The van der Waals surface area contributed by atoms with Gasteiger partial charge in [0.25, 0.3) is 0 Å². The van der Waals surface area contributed by atoms with E-state index in [1.54, 1.807) is 36.4 Å². The lowest BCUT2D eigenvalue weighted by Crippen LogP contribution is -2.11. The molecule has 0 aliphatic carbocycles. The van der Waals surface area contributed by atoms with E-state index >= 15 is 0 Å². The van der Waals surface area contributed by atoms with Crippen LogP contribution >= 0.6 is 11.3 Å². The van der Waals surface area contributed by atoms with Gasteiger partial charge in [0.1, 0.15) is 0 Å². The fraction of sp³-hybridized carbons (Fsp3) is 0.0526. The molecule has 1 aromatic heterocycles. The van der Waals surface area contributed by atoms with Crippen molar-refractivity contribution in [1.29, 1.82) is 0 Å². The number of ketones is 2. The number of hydrogen-bond acceptors (Lipinski definition) is 3. The molecule has 3 aromatic rings. The third-order valence-corrected chi connectivity index (χ3v) is 4.42. The van der Waals surface area contributed by atoms with E-state index in [4.69, 9.17) is 0 Å². The first-order valence-corrected chi connectivity index (χ1v) is 7.84. The Morgan fingerprint density at radius 1 is 0.727 bits per heavy atom. The van der Waals surface area contributed by atoms with E-state index < -0.39 is 0 Å². The van der Waals surface area contributed by atoms with Crippen LogP contribution in [0.15, 0.2) is 66.0 Å². The highest BCUT2D eigenvalue weighted by molar-refractivity contribution is 7.12. The first-order chi connectivity index (χ1) is 10.7. The number of benzene rings is 2. The Bertz CT molecular complexity index is 832. The van der Waals surface area contributed by atoms with Crippen LogP contribution in [-0.4, -0.2) is 11.6 Å². The minimum Gasteiger partial charge on any atom is -0.289 e. The maximum atomic E-state index is 12.8. The van der Waals surface area contributed by atoms with Crippen molar-refractivity contribution in [3.63, 3.8) is 0 Å². The summed E-state index contributed by atoms with van der Waals surface area (Å²) in [5.74, 6) is -0.217. The van der Waals surface area contributed by atoms with E-state index in [1.807, 2.05) is 36.6 Å². The Morgan fingerprint density at radius 3 is 1.91 bits per heavy atom. The summed E-state index contributed by atoms with van der Waals surface area (Å²) in [6, 6.07) is 18.1. The van der Waals surface area contributed by atoms with Crippen LogP contribution in [0.5, 0.6) is 0 Å². The molecule has 0 fully saturated rings. The standard InChI is InChI=1S/C19H14O2S/c1-13-7-2-3-8-14(13)18(20)15-9-4-5-10-16(15)19(21)17-11-6-12-22-17/h2-12H,1H3. The van der Waals surface area contributed by atoms with Crippen LogP contribution in [0.2, 0.25) is 0 Å². The van der Waals surface area contributed by atoms with Crippen molar-refractivity contribution in [1.82, 2.24) is 0 Å². The van der Waals surface area contributed by atoms with Crippen LogP contribution < -0.4 is 0 Å². The summed E-state index contributed by atoms with van der Waals surface area (Å²) >= 11 is 1.38. The van der Waals surface area contributed by atoms with Gasteiger partial charge in [0.15, 0.2) is 5.78 Å². The minimum absolute atomic E-state index is 0.104. The SMILES string of the molecule is Cc1ccccc1C(=O)c1ccccc1C(=O)c1cccs1. The highest BCUT2D eigenvalue weighted by Crippen LogP contribution is 2.21. The summed E-state index contributed by atoms with van der Waals surface area (Å²) < 4.78 is 0. The van der Waals surface area contributed by atoms with Gasteiger partial charge >= 0.3 is 0 Å². The van der Waals surface area contributed by atoms with Gasteiger partial charge in [-0.2, -0.15) is 0 Å². The van der Waals surface area contributed by atoms with Gasteiger partial charge in [-0.1, -0.05) is 54.6 Å². The highest BCUT2D eigenvalue weighted by atomic mass is 32.1. The minimum atomic E-state index is -0.112.